The smallest absolute Gasteiger partial charge is 0.264 e. The van der Waals surface area contributed by atoms with E-state index in [0.29, 0.717) is 32.7 Å². The highest BCUT2D eigenvalue weighted by Crippen LogP contribution is 2.29. The van der Waals surface area contributed by atoms with E-state index in [1.807, 2.05) is 26.8 Å². The van der Waals surface area contributed by atoms with Gasteiger partial charge in [-0.3, -0.25) is 13.9 Å². The number of halogens is 3. The summed E-state index contributed by atoms with van der Waals surface area (Å²) in [5, 5.41) is 4.18. The zero-order valence-corrected chi connectivity index (χ0v) is 27.5. The molecule has 4 rings (SSSR count). The number of benzene rings is 3. The number of anilines is 1. The van der Waals surface area contributed by atoms with Crippen molar-refractivity contribution >= 4 is 62.3 Å². The highest BCUT2D eigenvalue weighted by atomic mass is 35.5. The molecule has 3 aromatic carbocycles. The summed E-state index contributed by atoms with van der Waals surface area (Å²) in [7, 11) is -4.20. The molecule has 230 valence electrons. The summed E-state index contributed by atoms with van der Waals surface area (Å²) in [6.07, 6.45) is 4.20. The molecule has 0 saturated heterocycles. The van der Waals surface area contributed by atoms with Gasteiger partial charge in [0.1, 0.15) is 12.6 Å². The lowest BCUT2D eigenvalue weighted by Gasteiger charge is -2.34. The summed E-state index contributed by atoms with van der Waals surface area (Å²) in [5.41, 5.74) is 2.85. The number of nitrogens with one attached hydrogen (secondary N) is 1. The lowest BCUT2D eigenvalue weighted by Crippen LogP contribution is -2.53. The van der Waals surface area contributed by atoms with E-state index in [1.165, 1.54) is 29.2 Å². The van der Waals surface area contributed by atoms with Crippen LogP contribution in [0.4, 0.5) is 5.69 Å². The maximum absolute atomic E-state index is 14.3. The Hall–Kier alpha value is -2.78. The van der Waals surface area contributed by atoms with Crippen LogP contribution in [-0.2, 0) is 26.2 Å². The van der Waals surface area contributed by atoms with Crippen LogP contribution in [0.25, 0.3) is 0 Å². The minimum absolute atomic E-state index is 0.00928. The molecule has 2 amide bonds. The highest BCUT2D eigenvalue weighted by molar-refractivity contribution is 7.92. The molecule has 1 aliphatic carbocycles. The van der Waals surface area contributed by atoms with Crippen molar-refractivity contribution in [1.82, 2.24) is 10.2 Å². The van der Waals surface area contributed by atoms with Crippen LogP contribution in [0.3, 0.4) is 0 Å². The normalized spacial score (nSPS) is 14.4. The first-order valence-electron chi connectivity index (χ1n) is 14.3. The molecule has 1 atom stereocenters. The minimum atomic E-state index is -4.20. The molecule has 0 radical (unpaired) electrons. The van der Waals surface area contributed by atoms with Crippen molar-refractivity contribution in [3.05, 3.63) is 92.4 Å². The number of hydrogen-bond acceptors (Lipinski definition) is 4. The summed E-state index contributed by atoms with van der Waals surface area (Å²) in [5.74, 6) is -0.795. The van der Waals surface area contributed by atoms with Crippen LogP contribution in [-0.4, -0.2) is 43.8 Å². The Bertz CT molecular complexity index is 1580. The molecule has 1 unspecified atom stereocenters. The average Bonchev–Trinajstić information content (AvgIpc) is 3.48. The second kappa shape index (κ2) is 14.3. The fourth-order valence-electron chi connectivity index (χ4n) is 5.26. The number of carbonyl (C=O) groups is 2. The third-order valence-electron chi connectivity index (χ3n) is 7.88. The first-order valence-corrected chi connectivity index (χ1v) is 16.9. The van der Waals surface area contributed by atoms with Crippen LogP contribution in [0.1, 0.15) is 55.7 Å². The lowest BCUT2D eigenvalue weighted by molar-refractivity contribution is -0.140. The summed E-state index contributed by atoms with van der Waals surface area (Å²) in [6, 6.07) is 15.3. The summed E-state index contributed by atoms with van der Waals surface area (Å²) >= 11 is 18.5. The third-order valence-corrected chi connectivity index (χ3v) is 10.7. The van der Waals surface area contributed by atoms with Gasteiger partial charge < -0.3 is 10.2 Å². The van der Waals surface area contributed by atoms with Gasteiger partial charge in [0.2, 0.25) is 11.8 Å². The molecule has 0 spiro atoms. The maximum Gasteiger partial charge on any atom is 0.264 e. The van der Waals surface area contributed by atoms with E-state index in [9.17, 15) is 18.0 Å². The van der Waals surface area contributed by atoms with E-state index in [-0.39, 0.29) is 23.4 Å². The molecule has 0 aromatic heterocycles. The molecule has 7 nitrogen and oxygen atoms in total. The predicted molar refractivity (Wildman–Crippen MR) is 173 cm³/mol. The largest absolute Gasteiger partial charge is 0.352 e. The van der Waals surface area contributed by atoms with E-state index in [4.69, 9.17) is 34.8 Å². The van der Waals surface area contributed by atoms with Crippen LogP contribution >= 0.6 is 34.8 Å². The number of nitrogens with zero attached hydrogens (tertiary/aromatic N) is 2. The lowest BCUT2D eigenvalue weighted by atomic mass is 10.1. The van der Waals surface area contributed by atoms with Crippen molar-refractivity contribution in [1.29, 1.82) is 0 Å². The Kier molecular flexibility index (Phi) is 11.0. The summed E-state index contributed by atoms with van der Waals surface area (Å²) in [6.45, 7) is 5.15. The summed E-state index contributed by atoms with van der Waals surface area (Å²) in [4.78, 5) is 29.3. The fraction of sp³-hybridized carbons (Fsp3) is 0.375. The Morgan fingerprint density at radius 2 is 1.58 bits per heavy atom. The van der Waals surface area contributed by atoms with Crippen LogP contribution in [0.5, 0.6) is 0 Å². The molecule has 3 aromatic rings. The number of amides is 2. The predicted octanol–water partition coefficient (Wildman–Crippen LogP) is 7.33. The molecule has 1 N–H and O–H groups in total. The van der Waals surface area contributed by atoms with Crippen molar-refractivity contribution in [2.75, 3.05) is 10.8 Å². The van der Waals surface area contributed by atoms with E-state index in [0.717, 1.165) is 41.1 Å². The quantitative estimate of drug-likeness (QED) is 0.233. The van der Waals surface area contributed by atoms with Crippen molar-refractivity contribution < 1.29 is 18.0 Å². The van der Waals surface area contributed by atoms with Crippen molar-refractivity contribution in [3.8, 4) is 0 Å². The SMILES string of the molecule is CCC(C(=O)NC1CCCC1)N(Cc1ccc(Cl)c(Cl)c1)C(=O)CN(c1ccc(C)c(C)c1)S(=O)(=O)c1ccc(Cl)cc1. The number of sulfonamides is 1. The van der Waals surface area contributed by atoms with E-state index in [1.54, 1.807) is 30.3 Å². The topological polar surface area (TPSA) is 86.8 Å². The molecule has 0 bridgehead atoms. The highest BCUT2D eigenvalue weighted by Gasteiger charge is 2.34. The van der Waals surface area contributed by atoms with Crippen molar-refractivity contribution in [3.63, 3.8) is 0 Å². The number of hydrogen-bond donors (Lipinski definition) is 1. The number of aryl methyl sites for hydroxylation is 2. The molecule has 1 aliphatic rings. The standard InChI is InChI=1S/C32H36Cl3N3O4S/c1-4-30(32(40)36-25-7-5-6-8-25)37(19-23-10-16-28(34)29(35)18-23)31(39)20-38(26-13-9-21(2)22(3)17-26)43(41,42)27-14-11-24(33)12-15-27/h9-18,25,30H,4-8,19-20H2,1-3H3,(H,36,40). The molecule has 1 fully saturated rings. The van der Waals surface area contributed by atoms with Gasteiger partial charge in [-0.05, 0) is 98.3 Å². The maximum atomic E-state index is 14.3. The fourth-order valence-corrected chi connectivity index (χ4v) is 7.12. The first-order chi connectivity index (χ1) is 20.4. The minimum Gasteiger partial charge on any atom is -0.352 e. The van der Waals surface area contributed by atoms with E-state index >= 15 is 0 Å². The second-order valence-corrected chi connectivity index (χ2v) is 14.0. The third kappa shape index (κ3) is 8.04. The molecule has 0 heterocycles. The molecule has 1 saturated carbocycles. The van der Waals surface area contributed by atoms with E-state index < -0.39 is 28.5 Å². The number of carbonyl (C=O) groups excluding carboxylic acids is 2. The van der Waals surface area contributed by atoms with Gasteiger partial charge >= 0.3 is 0 Å². The van der Waals surface area contributed by atoms with E-state index in [2.05, 4.69) is 5.32 Å². The molecular weight excluding hydrogens is 629 g/mol. The Morgan fingerprint density at radius 3 is 2.19 bits per heavy atom. The van der Waals surface area contributed by atoms with Crippen molar-refractivity contribution in [2.45, 2.75) is 76.4 Å². The molecule has 43 heavy (non-hydrogen) atoms. The van der Waals surface area contributed by atoms with Crippen molar-refractivity contribution in [2.24, 2.45) is 0 Å². The summed E-state index contributed by atoms with van der Waals surface area (Å²) < 4.78 is 29.2. The van der Waals surface area contributed by atoms with Crippen LogP contribution in [0.2, 0.25) is 15.1 Å². The van der Waals surface area contributed by atoms with Gasteiger partial charge in [0.05, 0.1) is 20.6 Å². The van der Waals surface area contributed by atoms with Gasteiger partial charge in [-0.15, -0.1) is 0 Å². The van der Waals surface area contributed by atoms with Gasteiger partial charge in [-0.1, -0.05) is 66.7 Å². The van der Waals surface area contributed by atoms with Crippen LogP contribution in [0, 0.1) is 13.8 Å². The van der Waals surface area contributed by atoms with Gasteiger partial charge in [0, 0.05) is 17.6 Å². The first kappa shape index (κ1) is 33.1. The van der Waals surface area contributed by atoms with Gasteiger partial charge in [0.15, 0.2) is 0 Å². The van der Waals surface area contributed by atoms with Gasteiger partial charge in [0.25, 0.3) is 10.0 Å². The second-order valence-electron chi connectivity index (χ2n) is 10.9. The molecule has 11 heteroatoms. The number of rotatable bonds is 11. The zero-order valence-electron chi connectivity index (χ0n) is 24.4. The molecular formula is C32H36Cl3N3O4S. The Morgan fingerprint density at radius 1 is 0.907 bits per heavy atom. The Labute approximate surface area is 269 Å². The van der Waals surface area contributed by atoms with Crippen LogP contribution in [0.15, 0.2) is 65.6 Å². The van der Waals surface area contributed by atoms with Gasteiger partial charge in [-0.2, -0.15) is 0 Å². The van der Waals surface area contributed by atoms with Gasteiger partial charge in [-0.25, -0.2) is 8.42 Å². The van der Waals surface area contributed by atoms with Crippen LogP contribution < -0.4 is 9.62 Å². The molecule has 0 aliphatic heterocycles. The monoisotopic (exact) mass is 663 g/mol. The average molecular weight is 665 g/mol. The zero-order chi connectivity index (χ0) is 31.3. The Balaban J connectivity index is 1.74.